The highest BCUT2D eigenvalue weighted by atomic mass is 32.2. The molecular formula is C51H74N10O13S. The number of fused-ring (bicyclic) bond motifs is 1. The van der Waals surface area contributed by atoms with E-state index in [-0.39, 0.29) is 42.5 Å². The molecule has 3 atom stereocenters. The van der Waals surface area contributed by atoms with Gasteiger partial charge in [0.05, 0.1) is 137 Å². The normalized spacial score (nSPS) is 18.8. The summed E-state index contributed by atoms with van der Waals surface area (Å²) in [6, 6.07) is 16.4. The number of ether oxygens (including phenoxy) is 8. The molecule has 7 rings (SSSR count). The third-order valence-corrected chi connectivity index (χ3v) is 14.5. The number of urea groups is 3. The summed E-state index contributed by atoms with van der Waals surface area (Å²) in [5.41, 5.74) is 2.04. The zero-order chi connectivity index (χ0) is 52.3. The van der Waals surface area contributed by atoms with Crippen LogP contribution in [0.15, 0.2) is 60.8 Å². The Balaban J connectivity index is 0.582. The van der Waals surface area contributed by atoms with Crippen LogP contribution < -0.4 is 26.6 Å². The van der Waals surface area contributed by atoms with Crippen molar-refractivity contribution in [3.05, 3.63) is 66.4 Å². The largest absolute Gasteiger partial charge is 0.377 e. The molecule has 2 aromatic carbocycles. The number of piperidine rings is 1. The summed E-state index contributed by atoms with van der Waals surface area (Å²) in [7, 11) is 0. The summed E-state index contributed by atoms with van der Waals surface area (Å²) in [6.07, 6.45) is 5.82. The van der Waals surface area contributed by atoms with E-state index >= 15 is 0 Å². The number of hydrogen-bond acceptors (Lipinski definition) is 16. The van der Waals surface area contributed by atoms with Crippen molar-refractivity contribution in [2.24, 2.45) is 0 Å². The Hall–Kier alpha value is -5.44. The zero-order valence-electron chi connectivity index (χ0n) is 42.8. The van der Waals surface area contributed by atoms with Gasteiger partial charge in [0.25, 0.3) is 5.91 Å². The number of nitrogens with zero attached hydrogens (tertiary/aromatic N) is 5. The number of carbonyl (C=O) groups is 5. The van der Waals surface area contributed by atoms with E-state index in [1.54, 1.807) is 21.7 Å². The zero-order valence-corrected chi connectivity index (χ0v) is 43.6. The number of rotatable bonds is 36. The Morgan fingerprint density at radius 2 is 1.29 bits per heavy atom. The highest BCUT2D eigenvalue weighted by Gasteiger charge is 2.52. The first kappa shape index (κ1) is 57.3. The fourth-order valence-corrected chi connectivity index (χ4v) is 10.5. The van der Waals surface area contributed by atoms with Gasteiger partial charge in [-0.2, -0.15) is 11.8 Å². The lowest BCUT2D eigenvalue weighted by atomic mass is 9.87. The molecule has 0 saturated carbocycles. The standard InChI is InChI=1S/C51H74N10O13S/c62-45(9-5-4-8-44-46-43(38-75-44)54-48(64)55-46)52-16-20-67-22-24-69-26-28-71-30-32-73-34-35-74-33-31-72-29-27-70-25-23-68-21-19-60-37-42(57-58-60)40-10-12-41(13-11-40)53-49(65)59-17-14-51(15-18-59)47(63)61(50(66)56-51)36-39-6-2-1-3-7-39/h1-3,6-7,10-13,37,43-44,46H,4-5,8-9,14-36,38H2,(H,52,62)(H,53,65)(H,56,66)(H2,54,55,64)/t43-,44-,46-/m0/s1. The first-order valence-electron chi connectivity index (χ1n) is 26.1. The van der Waals surface area contributed by atoms with Crippen LogP contribution in [0.3, 0.4) is 0 Å². The summed E-state index contributed by atoms with van der Waals surface area (Å²) >= 11 is 1.90. The molecule has 0 radical (unpaired) electrons. The minimum absolute atomic E-state index is 0.0337. The van der Waals surface area contributed by atoms with Gasteiger partial charge in [0.15, 0.2) is 0 Å². The maximum absolute atomic E-state index is 13.3. The lowest BCUT2D eigenvalue weighted by molar-refractivity contribution is -0.133. The molecule has 8 amide bonds. The third kappa shape index (κ3) is 19.0. The molecule has 0 bridgehead atoms. The van der Waals surface area contributed by atoms with E-state index in [9.17, 15) is 24.0 Å². The summed E-state index contributed by atoms with van der Waals surface area (Å²) in [5, 5.41) is 23.6. The summed E-state index contributed by atoms with van der Waals surface area (Å²) in [5.74, 6) is 0.741. The minimum Gasteiger partial charge on any atom is -0.377 e. The lowest BCUT2D eigenvalue weighted by Crippen LogP contribution is -2.56. The van der Waals surface area contributed by atoms with Crippen LogP contribution >= 0.6 is 11.8 Å². The maximum Gasteiger partial charge on any atom is 0.325 e. The van der Waals surface area contributed by atoms with Crippen LogP contribution in [0.5, 0.6) is 0 Å². The molecule has 0 aliphatic carbocycles. The predicted octanol–water partition coefficient (Wildman–Crippen LogP) is 3.04. The molecule has 0 unspecified atom stereocenters. The van der Waals surface area contributed by atoms with Crippen molar-refractivity contribution in [3.8, 4) is 11.3 Å². The van der Waals surface area contributed by atoms with Gasteiger partial charge < -0.3 is 69.4 Å². The molecule has 1 spiro atoms. The second kappa shape index (κ2) is 31.6. The number of thioether (sulfide) groups is 1. The summed E-state index contributed by atoms with van der Waals surface area (Å²) in [6.45, 7) is 9.10. The van der Waals surface area contributed by atoms with Crippen LogP contribution in [0.2, 0.25) is 0 Å². The van der Waals surface area contributed by atoms with E-state index in [0.717, 1.165) is 36.1 Å². The van der Waals surface area contributed by atoms with Crippen molar-refractivity contribution < 1.29 is 61.9 Å². The van der Waals surface area contributed by atoms with Crippen molar-refractivity contribution >= 4 is 47.4 Å². The number of unbranched alkanes of at least 4 members (excludes halogenated alkanes) is 1. The topological polar surface area (TPSA) is 257 Å². The number of amides is 8. The number of hydrogen-bond donors (Lipinski definition) is 5. The Kier molecular flexibility index (Phi) is 24.1. The Bertz CT molecular complexity index is 2200. The first-order valence-corrected chi connectivity index (χ1v) is 27.1. The molecule has 3 aromatic rings. The van der Waals surface area contributed by atoms with Gasteiger partial charge in [-0.05, 0) is 43.4 Å². The summed E-state index contributed by atoms with van der Waals surface area (Å²) < 4.78 is 46.2. The van der Waals surface area contributed by atoms with E-state index in [4.69, 9.17) is 37.9 Å². The molecular weight excluding hydrogens is 993 g/mol. The fourth-order valence-electron chi connectivity index (χ4n) is 8.91. The van der Waals surface area contributed by atoms with E-state index in [0.29, 0.717) is 168 Å². The van der Waals surface area contributed by atoms with E-state index in [1.165, 1.54) is 4.90 Å². The van der Waals surface area contributed by atoms with Gasteiger partial charge in [0, 0.05) is 48.3 Å². The molecule has 1 aromatic heterocycles. The molecule has 23 nitrogen and oxygen atoms in total. The molecule has 75 heavy (non-hydrogen) atoms. The quantitative estimate of drug-likeness (QED) is 0.0319. The van der Waals surface area contributed by atoms with Gasteiger partial charge in [-0.3, -0.25) is 14.5 Å². The van der Waals surface area contributed by atoms with Crippen LogP contribution in [-0.2, 0) is 60.6 Å². The van der Waals surface area contributed by atoms with Crippen molar-refractivity contribution in [1.29, 1.82) is 0 Å². The van der Waals surface area contributed by atoms with Gasteiger partial charge in [0.1, 0.15) is 11.2 Å². The Morgan fingerprint density at radius 3 is 1.91 bits per heavy atom. The SMILES string of the molecule is O=C(CCCC[C@@H]1SC[C@@H]2NC(=O)N[C@@H]21)NCCOCCOCCOCCOCCOCCOCCOCCOCCn1cc(-c2ccc(NC(=O)N3CCC4(CC3)NC(=O)N(Cc3ccccc3)C4=O)cc2)nn1. The van der Waals surface area contributed by atoms with Crippen molar-refractivity contribution in [2.75, 3.05) is 136 Å². The van der Waals surface area contributed by atoms with Crippen LogP contribution in [0, 0.1) is 0 Å². The van der Waals surface area contributed by atoms with Crippen molar-refractivity contribution in [1.82, 2.24) is 46.1 Å². The van der Waals surface area contributed by atoms with E-state index in [2.05, 4.69) is 36.9 Å². The third-order valence-electron chi connectivity index (χ3n) is 13.0. The molecule has 4 aliphatic rings. The van der Waals surface area contributed by atoms with Gasteiger partial charge in [-0.1, -0.05) is 54.1 Å². The van der Waals surface area contributed by atoms with E-state index < -0.39 is 11.6 Å². The number of imide groups is 1. The van der Waals surface area contributed by atoms with E-state index in [1.807, 2.05) is 60.4 Å². The minimum atomic E-state index is -0.989. The number of anilines is 1. The van der Waals surface area contributed by atoms with Crippen molar-refractivity contribution in [3.63, 3.8) is 0 Å². The Morgan fingerprint density at radius 1 is 0.707 bits per heavy atom. The Labute approximate surface area is 442 Å². The molecule has 5 heterocycles. The molecule has 4 saturated heterocycles. The molecule has 24 heteroatoms. The summed E-state index contributed by atoms with van der Waals surface area (Å²) in [4.78, 5) is 65.7. The average Bonchev–Trinajstić information content (AvgIpc) is 4.20. The predicted molar refractivity (Wildman–Crippen MR) is 277 cm³/mol. The first-order chi connectivity index (χ1) is 36.8. The number of benzene rings is 2. The van der Waals surface area contributed by atoms with Gasteiger partial charge in [0.2, 0.25) is 5.91 Å². The second-order valence-electron chi connectivity index (χ2n) is 18.4. The molecule has 5 N–H and O–H groups in total. The number of aromatic nitrogens is 3. The maximum atomic E-state index is 13.3. The van der Waals surface area contributed by atoms with Crippen LogP contribution in [0.25, 0.3) is 11.3 Å². The average molecular weight is 1070 g/mol. The second-order valence-corrected chi connectivity index (χ2v) is 19.6. The highest BCUT2D eigenvalue weighted by molar-refractivity contribution is 8.00. The van der Waals surface area contributed by atoms with Crippen molar-refractivity contribution in [2.45, 2.75) is 74.5 Å². The van der Waals surface area contributed by atoms with Crippen LogP contribution in [0.1, 0.15) is 44.1 Å². The number of carbonyl (C=O) groups excluding carboxylic acids is 5. The van der Waals surface area contributed by atoms with Crippen LogP contribution in [-0.4, -0.2) is 209 Å². The van der Waals surface area contributed by atoms with Gasteiger partial charge in [-0.15, -0.1) is 5.10 Å². The van der Waals surface area contributed by atoms with Gasteiger partial charge >= 0.3 is 18.1 Å². The molecule has 4 fully saturated rings. The van der Waals surface area contributed by atoms with Crippen LogP contribution in [0.4, 0.5) is 20.1 Å². The number of nitrogens with one attached hydrogen (secondary N) is 5. The number of likely N-dealkylation sites (tertiary alicyclic amines) is 1. The van der Waals surface area contributed by atoms with Gasteiger partial charge in [-0.25, -0.2) is 19.1 Å². The fraction of sp³-hybridized carbons (Fsp3) is 0.627. The highest BCUT2D eigenvalue weighted by Crippen LogP contribution is 2.34. The monoisotopic (exact) mass is 1070 g/mol. The molecule has 412 valence electrons. The lowest BCUT2D eigenvalue weighted by Gasteiger charge is -2.37. The molecule has 4 aliphatic heterocycles. The smallest absolute Gasteiger partial charge is 0.325 e.